The number of nitrogens with one attached hydrogen (secondary N) is 1. The van der Waals surface area contributed by atoms with Gasteiger partial charge in [0, 0.05) is 10.9 Å². The number of carbonyl (C=O) groups is 1. The fraction of sp³-hybridized carbons (Fsp3) is 0.500. The molecule has 0 atom stereocenters. The number of thioether (sulfide) groups is 1. The van der Waals surface area contributed by atoms with E-state index >= 15 is 0 Å². The highest BCUT2D eigenvalue weighted by Gasteiger charge is 2.28. The van der Waals surface area contributed by atoms with E-state index in [4.69, 9.17) is 5.11 Å². The Balaban J connectivity index is 1.80. The van der Waals surface area contributed by atoms with E-state index in [2.05, 4.69) is 37.4 Å². The van der Waals surface area contributed by atoms with Crippen LogP contribution in [-0.4, -0.2) is 28.9 Å². The Bertz CT molecular complexity index is 441. The van der Waals surface area contributed by atoms with Gasteiger partial charge in [-0.3, -0.25) is 4.79 Å². The van der Waals surface area contributed by atoms with Gasteiger partial charge in [-0.05, 0) is 38.3 Å². The van der Waals surface area contributed by atoms with Gasteiger partial charge in [0.1, 0.15) is 0 Å². The summed E-state index contributed by atoms with van der Waals surface area (Å²) in [6.45, 7) is 4.11. The standard InChI is InChI=1S/C14H19NO2S/c1-9-3-4-10(2)13(5-9)18-8-14(17)15-11-6-12(16)7-11/h3-5,11-12,16H,6-8H2,1-2H3,(H,15,17). The number of aliphatic hydroxyl groups excluding tert-OH is 1. The van der Waals surface area contributed by atoms with E-state index in [1.54, 1.807) is 11.8 Å². The van der Waals surface area contributed by atoms with Crippen LogP contribution in [0.4, 0.5) is 0 Å². The van der Waals surface area contributed by atoms with Crippen molar-refractivity contribution < 1.29 is 9.90 Å². The maximum Gasteiger partial charge on any atom is 0.230 e. The lowest BCUT2D eigenvalue weighted by atomic mass is 9.89. The first kappa shape index (κ1) is 13.4. The van der Waals surface area contributed by atoms with Crippen molar-refractivity contribution in [3.05, 3.63) is 29.3 Å². The molecule has 4 heteroatoms. The van der Waals surface area contributed by atoms with Gasteiger partial charge < -0.3 is 10.4 Å². The number of hydrogen-bond acceptors (Lipinski definition) is 3. The maximum atomic E-state index is 11.7. The van der Waals surface area contributed by atoms with Gasteiger partial charge in [-0.2, -0.15) is 0 Å². The van der Waals surface area contributed by atoms with Crippen molar-refractivity contribution in [1.29, 1.82) is 0 Å². The minimum Gasteiger partial charge on any atom is -0.393 e. The number of rotatable bonds is 4. The molecule has 1 aromatic rings. The Morgan fingerprint density at radius 1 is 1.44 bits per heavy atom. The van der Waals surface area contributed by atoms with Gasteiger partial charge >= 0.3 is 0 Å². The molecular formula is C14H19NO2S. The van der Waals surface area contributed by atoms with Crippen LogP contribution in [0.15, 0.2) is 23.1 Å². The molecule has 0 saturated heterocycles. The van der Waals surface area contributed by atoms with Crippen molar-refractivity contribution in [3.63, 3.8) is 0 Å². The first-order valence-electron chi connectivity index (χ1n) is 6.22. The van der Waals surface area contributed by atoms with E-state index in [1.807, 2.05) is 0 Å². The Morgan fingerprint density at radius 2 is 2.17 bits per heavy atom. The van der Waals surface area contributed by atoms with Gasteiger partial charge in [-0.1, -0.05) is 17.7 Å². The Hall–Kier alpha value is -1.00. The van der Waals surface area contributed by atoms with Gasteiger partial charge in [0.15, 0.2) is 0 Å². The van der Waals surface area contributed by atoms with Crippen LogP contribution in [0, 0.1) is 13.8 Å². The number of benzene rings is 1. The molecule has 1 aromatic carbocycles. The third-order valence-electron chi connectivity index (χ3n) is 3.18. The molecule has 0 bridgehead atoms. The zero-order chi connectivity index (χ0) is 13.1. The van der Waals surface area contributed by atoms with Crippen LogP contribution >= 0.6 is 11.8 Å². The summed E-state index contributed by atoms with van der Waals surface area (Å²) < 4.78 is 0. The van der Waals surface area contributed by atoms with Crippen molar-refractivity contribution >= 4 is 17.7 Å². The summed E-state index contributed by atoms with van der Waals surface area (Å²) in [6, 6.07) is 6.44. The number of amides is 1. The molecular weight excluding hydrogens is 246 g/mol. The van der Waals surface area contributed by atoms with E-state index < -0.39 is 0 Å². The van der Waals surface area contributed by atoms with Crippen LogP contribution in [0.5, 0.6) is 0 Å². The van der Waals surface area contributed by atoms with E-state index in [0.717, 1.165) is 0 Å². The minimum atomic E-state index is -0.220. The molecule has 0 heterocycles. The second-order valence-corrected chi connectivity index (χ2v) is 5.96. The summed E-state index contributed by atoms with van der Waals surface area (Å²) >= 11 is 1.57. The van der Waals surface area contributed by atoms with Gasteiger partial charge in [-0.25, -0.2) is 0 Å². The molecule has 0 aliphatic heterocycles. The van der Waals surface area contributed by atoms with E-state index in [9.17, 15) is 4.79 Å². The third-order valence-corrected chi connectivity index (χ3v) is 4.34. The molecule has 98 valence electrons. The Kier molecular flexibility index (Phi) is 4.30. The average molecular weight is 265 g/mol. The van der Waals surface area contributed by atoms with Crippen molar-refractivity contribution in [2.45, 2.75) is 43.7 Å². The zero-order valence-electron chi connectivity index (χ0n) is 10.8. The predicted octanol–water partition coefficient (Wildman–Crippen LogP) is 2.04. The molecule has 0 unspecified atom stereocenters. The monoisotopic (exact) mass is 265 g/mol. The first-order chi connectivity index (χ1) is 8.54. The lowest BCUT2D eigenvalue weighted by molar-refractivity contribution is -0.120. The lowest BCUT2D eigenvalue weighted by Crippen LogP contribution is -2.47. The number of aryl methyl sites for hydroxylation is 2. The van der Waals surface area contributed by atoms with Crippen molar-refractivity contribution in [2.75, 3.05) is 5.75 Å². The fourth-order valence-electron chi connectivity index (χ4n) is 1.98. The Morgan fingerprint density at radius 3 is 2.83 bits per heavy atom. The highest BCUT2D eigenvalue weighted by atomic mass is 32.2. The molecule has 2 N–H and O–H groups in total. The van der Waals surface area contributed by atoms with Gasteiger partial charge in [0.2, 0.25) is 5.91 Å². The minimum absolute atomic E-state index is 0.0535. The molecule has 18 heavy (non-hydrogen) atoms. The summed E-state index contributed by atoms with van der Waals surface area (Å²) in [4.78, 5) is 12.9. The second-order valence-electron chi connectivity index (χ2n) is 4.95. The molecule has 0 aromatic heterocycles. The molecule has 1 fully saturated rings. The van der Waals surface area contributed by atoms with Gasteiger partial charge in [0.25, 0.3) is 0 Å². The van der Waals surface area contributed by atoms with Gasteiger partial charge in [-0.15, -0.1) is 11.8 Å². The van der Waals surface area contributed by atoms with Crippen LogP contribution in [0.25, 0.3) is 0 Å². The van der Waals surface area contributed by atoms with Crippen LogP contribution in [0.3, 0.4) is 0 Å². The quantitative estimate of drug-likeness (QED) is 0.819. The smallest absolute Gasteiger partial charge is 0.230 e. The highest BCUT2D eigenvalue weighted by Crippen LogP contribution is 2.24. The molecule has 1 amide bonds. The first-order valence-corrected chi connectivity index (χ1v) is 7.20. The van der Waals surface area contributed by atoms with E-state index in [-0.39, 0.29) is 18.1 Å². The lowest BCUT2D eigenvalue weighted by Gasteiger charge is -2.31. The SMILES string of the molecule is Cc1ccc(C)c(SCC(=O)NC2CC(O)C2)c1. The molecule has 0 radical (unpaired) electrons. The van der Waals surface area contributed by atoms with Crippen LogP contribution in [0.2, 0.25) is 0 Å². The highest BCUT2D eigenvalue weighted by molar-refractivity contribution is 8.00. The molecule has 3 nitrogen and oxygen atoms in total. The Labute approximate surface area is 112 Å². The van der Waals surface area contributed by atoms with Crippen molar-refractivity contribution in [1.82, 2.24) is 5.32 Å². The van der Waals surface area contributed by atoms with E-state index in [1.165, 1.54) is 16.0 Å². The summed E-state index contributed by atoms with van der Waals surface area (Å²) in [5, 5.41) is 12.1. The normalized spacial score (nSPS) is 22.4. The van der Waals surface area contributed by atoms with Crippen LogP contribution < -0.4 is 5.32 Å². The van der Waals surface area contributed by atoms with Crippen molar-refractivity contribution in [3.8, 4) is 0 Å². The number of aliphatic hydroxyl groups is 1. The molecule has 0 spiro atoms. The fourth-order valence-corrected chi connectivity index (χ4v) is 2.92. The summed E-state index contributed by atoms with van der Waals surface area (Å²) in [5.74, 6) is 0.495. The largest absolute Gasteiger partial charge is 0.393 e. The molecule has 1 saturated carbocycles. The second kappa shape index (κ2) is 5.76. The number of carbonyl (C=O) groups excluding carboxylic acids is 1. The average Bonchev–Trinajstić information content (AvgIpc) is 2.28. The van der Waals surface area contributed by atoms with Crippen LogP contribution in [0.1, 0.15) is 24.0 Å². The summed E-state index contributed by atoms with van der Waals surface area (Å²) in [7, 11) is 0. The van der Waals surface area contributed by atoms with Gasteiger partial charge in [0.05, 0.1) is 11.9 Å². The summed E-state index contributed by atoms with van der Waals surface area (Å²) in [6.07, 6.45) is 1.17. The number of hydrogen-bond donors (Lipinski definition) is 2. The third kappa shape index (κ3) is 3.50. The maximum absolute atomic E-state index is 11.7. The molecule has 1 aliphatic carbocycles. The summed E-state index contributed by atoms with van der Waals surface area (Å²) in [5.41, 5.74) is 2.42. The molecule has 2 rings (SSSR count). The van der Waals surface area contributed by atoms with E-state index in [0.29, 0.717) is 18.6 Å². The van der Waals surface area contributed by atoms with Crippen molar-refractivity contribution in [2.24, 2.45) is 0 Å². The topological polar surface area (TPSA) is 49.3 Å². The predicted molar refractivity (Wildman–Crippen MR) is 73.8 cm³/mol. The van der Waals surface area contributed by atoms with Crippen LogP contribution in [-0.2, 0) is 4.79 Å². The molecule has 1 aliphatic rings. The zero-order valence-corrected chi connectivity index (χ0v) is 11.6.